The highest BCUT2D eigenvalue weighted by Gasteiger charge is 2.38. The van der Waals surface area contributed by atoms with Crippen LogP contribution in [0.15, 0.2) is 12.1 Å². The molecule has 1 aliphatic heterocycles. The van der Waals surface area contributed by atoms with Gasteiger partial charge in [-0.3, -0.25) is 0 Å². The molecule has 0 atom stereocenters. The van der Waals surface area contributed by atoms with E-state index >= 15 is 0 Å². The topological polar surface area (TPSA) is 45.0 Å². The van der Waals surface area contributed by atoms with E-state index in [-0.39, 0.29) is 5.41 Å². The second-order valence-electron chi connectivity index (χ2n) is 5.28. The van der Waals surface area contributed by atoms with Crippen LogP contribution in [0.4, 0.5) is 0 Å². The van der Waals surface area contributed by atoms with Crippen LogP contribution in [0.2, 0.25) is 0 Å². The smallest absolute Gasteiger partial charge is 0.116 e. The summed E-state index contributed by atoms with van der Waals surface area (Å²) in [5.74, 6) is 0. The lowest BCUT2D eigenvalue weighted by atomic mass is 9.88. The number of hydrogen-bond donors (Lipinski definition) is 1. The van der Waals surface area contributed by atoms with Gasteiger partial charge in [0.1, 0.15) is 5.41 Å². The van der Waals surface area contributed by atoms with E-state index in [0.717, 1.165) is 6.54 Å². The molecule has 0 saturated carbocycles. The number of nitrogens with one attached hydrogen (secondary N) is 1. The lowest BCUT2D eigenvalue weighted by molar-refractivity contribution is -0.0755. The Labute approximate surface area is 109 Å². The van der Waals surface area contributed by atoms with Crippen molar-refractivity contribution in [3.05, 3.63) is 34.4 Å². The van der Waals surface area contributed by atoms with E-state index in [1.165, 1.54) is 22.3 Å². The zero-order valence-electron chi connectivity index (χ0n) is 11.3. The van der Waals surface area contributed by atoms with Gasteiger partial charge in [0.05, 0.1) is 19.3 Å². The molecule has 0 aromatic heterocycles. The van der Waals surface area contributed by atoms with Crippen LogP contribution in [0.25, 0.3) is 0 Å². The van der Waals surface area contributed by atoms with Gasteiger partial charge in [0.15, 0.2) is 0 Å². The Morgan fingerprint density at radius 2 is 2.00 bits per heavy atom. The maximum absolute atomic E-state index is 9.10. The predicted molar refractivity (Wildman–Crippen MR) is 71.2 cm³/mol. The minimum atomic E-state index is -0.298. The van der Waals surface area contributed by atoms with E-state index in [0.29, 0.717) is 19.8 Å². The Morgan fingerprint density at radius 1 is 1.28 bits per heavy atom. The van der Waals surface area contributed by atoms with Crippen molar-refractivity contribution in [1.29, 1.82) is 5.26 Å². The molecule has 1 aliphatic rings. The third-order valence-electron chi connectivity index (χ3n) is 3.94. The number of ether oxygens (including phenoxy) is 1. The van der Waals surface area contributed by atoms with Crippen molar-refractivity contribution in [2.75, 3.05) is 19.8 Å². The monoisotopic (exact) mass is 244 g/mol. The van der Waals surface area contributed by atoms with E-state index < -0.39 is 0 Å². The summed E-state index contributed by atoms with van der Waals surface area (Å²) in [5.41, 5.74) is 5.05. The molecular formula is C15H20N2O. The van der Waals surface area contributed by atoms with E-state index in [4.69, 9.17) is 10.00 Å². The normalized spacial score (nSPS) is 17.0. The molecule has 1 heterocycles. The summed E-state index contributed by atoms with van der Waals surface area (Å²) in [6, 6.07) is 6.68. The number of benzene rings is 1. The number of rotatable bonds is 4. The van der Waals surface area contributed by atoms with Crippen LogP contribution in [-0.4, -0.2) is 19.8 Å². The molecule has 3 heteroatoms. The van der Waals surface area contributed by atoms with Gasteiger partial charge < -0.3 is 10.1 Å². The van der Waals surface area contributed by atoms with Gasteiger partial charge in [-0.15, -0.1) is 0 Å². The second kappa shape index (κ2) is 5.09. The van der Waals surface area contributed by atoms with Crippen LogP contribution in [0.3, 0.4) is 0 Å². The van der Waals surface area contributed by atoms with Crippen LogP contribution < -0.4 is 5.32 Å². The van der Waals surface area contributed by atoms with Crippen molar-refractivity contribution in [2.45, 2.75) is 27.3 Å². The van der Waals surface area contributed by atoms with Gasteiger partial charge in [-0.05, 0) is 43.0 Å². The molecule has 2 rings (SSSR count). The molecule has 1 aromatic rings. The highest BCUT2D eigenvalue weighted by Crippen LogP contribution is 2.25. The summed E-state index contributed by atoms with van der Waals surface area (Å²) in [6.45, 7) is 9.09. The van der Waals surface area contributed by atoms with Crippen molar-refractivity contribution >= 4 is 0 Å². The van der Waals surface area contributed by atoms with Crippen molar-refractivity contribution < 1.29 is 4.74 Å². The highest BCUT2D eigenvalue weighted by atomic mass is 16.5. The molecule has 3 nitrogen and oxygen atoms in total. The minimum Gasteiger partial charge on any atom is -0.378 e. The molecule has 0 spiro atoms. The quantitative estimate of drug-likeness (QED) is 0.883. The highest BCUT2D eigenvalue weighted by molar-refractivity contribution is 5.38. The third kappa shape index (κ3) is 2.40. The number of aryl methyl sites for hydroxylation is 1. The molecule has 0 radical (unpaired) electrons. The minimum absolute atomic E-state index is 0.298. The van der Waals surface area contributed by atoms with Crippen LogP contribution in [0, 0.1) is 37.5 Å². The fourth-order valence-corrected chi connectivity index (χ4v) is 2.19. The summed E-state index contributed by atoms with van der Waals surface area (Å²) in [7, 11) is 0. The largest absolute Gasteiger partial charge is 0.378 e. The Morgan fingerprint density at radius 3 is 2.56 bits per heavy atom. The standard InChI is InChI=1S/C15H20N2O/c1-11-4-5-14(13(3)12(11)2)6-17-8-15(7-16)9-18-10-15/h4-5,17H,6,8-10H2,1-3H3. The molecule has 0 unspecified atom stereocenters. The first-order valence-corrected chi connectivity index (χ1v) is 6.33. The molecule has 1 fully saturated rings. The fourth-order valence-electron chi connectivity index (χ4n) is 2.19. The van der Waals surface area contributed by atoms with Gasteiger partial charge in [-0.1, -0.05) is 12.1 Å². The average Bonchev–Trinajstić information content (AvgIpc) is 2.32. The maximum atomic E-state index is 9.10. The lowest BCUT2D eigenvalue weighted by Crippen LogP contribution is -2.48. The van der Waals surface area contributed by atoms with Crippen LogP contribution in [-0.2, 0) is 11.3 Å². The number of hydrogen-bond acceptors (Lipinski definition) is 3. The summed E-state index contributed by atoms with van der Waals surface area (Å²) < 4.78 is 5.13. The third-order valence-corrected chi connectivity index (χ3v) is 3.94. The number of nitriles is 1. The van der Waals surface area contributed by atoms with Crippen molar-refractivity contribution in [3.8, 4) is 6.07 Å². The van der Waals surface area contributed by atoms with Crippen molar-refractivity contribution in [3.63, 3.8) is 0 Å². The van der Waals surface area contributed by atoms with Crippen molar-refractivity contribution in [2.24, 2.45) is 5.41 Å². The van der Waals surface area contributed by atoms with Gasteiger partial charge in [0, 0.05) is 13.1 Å². The number of nitrogens with zero attached hydrogens (tertiary/aromatic N) is 1. The Bertz CT molecular complexity index is 484. The molecule has 1 saturated heterocycles. The predicted octanol–water partition coefficient (Wildman–Crippen LogP) is 2.24. The van der Waals surface area contributed by atoms with Gasteiger partial charge in [0.2, 0.25) is 0 Å². The molecule has 1 N–H and O–H groups in total. The van der Waals surface area contributed by atoms with Crippen LogP contribution in [0.5, 0.6) is 0 Å². The molecule has 0 bridgehead atoms. The fraction of sp³-hybridized carbons (Fsp3) is 0.533. The summed E-state index contributed by atoms with van der Waals surface area (Å²) in [6.07, 6.45) is 0. The van der Waals surface area contributed by atoms with E-state index in [1.54, 1.807) is 0 Å². The Kier molecular flexibility index (Phi) is 3.70. The molecule has 96 valence electrons. The first-order valence-electron chi connectivity index (χ1n) is 6.33. The lowest BCUT2D eigenvalue weighted by Gasteiger charge is -2.35. The van der Waals surface area contributed by atoms with Crippen LogP contribution >= 0.6 is 0 Å². The van der Waals surface area contributed by atoms with E-state index in [2.05, 4.69) is 44.3 Å². The first kappa shape index (κ1) is 13.1. The van der Waals surface area contributed by atoms with Gasteiger partial charge in [-0.2, -0.15) is 5.26 Å². The molecular weight excluding hydrogens is 224 g/mol. The summed E-state index contributed by atoms with van der Waals surface area (Å²) in [5, 5.41) is 12.5. The molecule has 0 amide bonds. The van der Waals surface area contributed by atoms with Crippen LogP contribution in [0.1, 0.15) is 22.3 Å². The first-order chi connectivity index (χ1) is 8.58. The zero-order valence-corrected chi connectivity index (χ0v) is 11.3. The molecule has 1 aromatic carbocycles. The molecule has 0 aliphatic carbocycles. The summed E-state index contributed by atoms with van der Waals surface area (Å²) >= 11 is 0. The maximum Gasteiger partial charge on any atom is 0.116 e. The second-order valence-corrected chi connectivity index (χ2v) is 5.28. The zero-order chi connectivity index (χ0) is 13.2. The SMILES string of the molecule is Cc1ccc(CNCC2(C#N)COC2)c(C)c1C. The average molecular weight is 244 g/mol. The Balaban J connectivity index is 1.95. The van der Waals surface area contributed by atoms with Crippen molar-refractivity contribution in [1.82, 2.24) is 5.32 Å². The molecule has 18 heavy (non-hydrogen) atoms. The Hall–Kier alpha value is -1.37. The van der Waals surface area contributed by atoms with E-state index in [1.807, 2.05) is 0 Å². The van der Waals surface area contributed by atoms with Gasteiger partial charge >= 0.3 is 0 Å². The van der Waals surface area contributed by atoms with Gasteiger partial charge in [0.25, 0.3) is 0 Å². The van der Waals surface area contributed by atoms with Gasteiger partial charge in [-0.25, -0.2) is 0 Å². The summed E-state index contributed by atoms with van der Waals surface area (Å²) in [4.78, 5) is 0. The van der Waals surface area contributed by atoms with E-state index in [9.17, 15) is 0 Å².